The van der Waals surface area contributed by atoms with Gasteiger partial charge in [0.1, 0.15) is 0 Å². The fourth-order valence-electron chi connectivity index (χ4n) is 5.69. The molecule has 1 saturated carbocycles. The molecule has 5 rings (SSSR count). The lowest BCUT2D eigenvalue weighted by Crippen LogP contribution is -2.49. The Labute approximate surface area is 216 Å². The number of nitriles is 1. The van der Waals surface area contributed by atoms with Crippen LogP contribution in [0.1, 0.15) is 56.1 Å². The van der Waals surface area contributed by atoms with E-state index in [4.69, 9.17) is 0 Å². The van der Waals surface area contributed by atoms with Crippen molar-refractivity contribution in [1.82, 2.24) is 4.90 Å². The summed E-state index contributed by atoms with van der Waals surface area (Å²) in [4.78, 5) is 15.4. The van der Waals surface area contributed by atoms with Crippen molar-refractivity contribution in [3.05, 3.63) is 89.5 Å². The highest BCUT2D eigenvalue weighted by Crippen LogP contribution is 2.42. The van der Waals surface area contributed by atoms with Crippen LogP contribution >= 0.6 is 0 Å². The number of amides is 1. The van der Waals surface area contributed by atoms with Crippen LogP contribution in [-0.2, 0) is 10.2 Å². The Morgan fingerprint density at radius 3 is 2.38 bits per heavy atom. The number of hydrogen-bond donors (Lipinski definition) is 1. The molecule has 2 fully saturated rings. The predicted octanol–water partition coefficient (Wildman–Crippen LogP) is 6.81. The lowest BCUT2D eigenvalue weighted by Gasteiger charge is -2.47. The molecule has 3 aromatic carbocycles. The Balaban J connectivity index is 1.33. The fraction of sp³-hybridized carbons (Fsp3) is 0.355. The Hall–Kier alpha value is -3.56. The highest BCUT2D eigenvalue weighted by atomic mass is 19.2. The number of benzene rings is 3. The zero-order chi connectivity index (χ0) is 25.8. The number of anilines is 1. The molecule has 1 saturated heterocycles. The zero-order valence-corrected chi connectivity index (χ0v) is 20.9. The van der Waals surface area contributed by atoms with Crippen molar-refractivity contribution >= 4 is 11.6 Å². The molecule has 0 unspecified atom stereocenters. The zero-order valence-electron chi connectivity index (χ0n) is 20.9. The first-order valence-corrected chi connectivity index (χ1v) is 13.1. The first-order chi connectivity index (χ1) is 18.0. The average molecular weight is 500 g/mol. The van der Waals surface area contributed by atoms with Crippen LogP contribution in [0.4, 0.5) is 14.5 Å². The van der Waals surface area contributed by atoms with E-state index in [9.17, 15) is 18.8 Å². The number of piperidine rings is 1. The molecule has 0 spiro atoms. The Kier molecular flexibility index (Phi) is 7.34. The summed E-state index contributed by atoms with van der Waals surface area (Å²) in [7, 11) is 0. The van der Waals surface area contributed by atoms with E-state index in [-0.39, 0.29) is 17.0 Å². The van der Waals surface area contributed by atoms with Crippen LogP contribution in [0.3, 0.4) is 0 Å². The largest absolute Gasteiger partial charge is 0.326 e. The fourth-order valence-corrected chi connectivity index (χ4v) is 5.69. The molecule has 0 radical (unpaired) electrons. The summed E-state index contributed by atoms with van der Waals surface area (Å²) in [6.07, 6.45) is 6.81. The van der Waals surface area contributed by atoms with Gasteiger partial charge >= 0.3 is 0 Å². The van der Waals surface area contributed by atoms with E-state index >= 15 is 0 Å². The Bertz CT molecular complexity index is 1300. The van der Waals surface area contributed by atoms with Crippen LogP contribution in [0.25, 0.3) is 11.1 Å². The van der Waals surface area contributed by atoms with Gasteiger partial charge < -0.3 is 10.2 Å². The first-order valence-electron chi connectivity index (χ1n) is 13.1. The number of nitrogens with zero attached hydrogens (tertiary/aromatic N) is 2. The second kappa shape index (κ2) is 10.8. The van der Waals surface area contributed by atoms with Gasteiger partial charge in [-0.2, -0.15) is 5.26 Å². The summed E-state index contributed by atoms with van der Waals surface area (Å²) < 4.78 is 26.8. The molecule has 6 heteroatoms. The molecule has 0 atom stereocenters. The van der Waals surface area contributed by atoms with Crippen LogP contribution in [0.15, 0.2) is 66.7 Å². The van der Waals surface area contributed by atoms with Crippen LogP contribution in [-0.4, -0.2) is 29.9 Å². The Morgan fingerprint density at radius 2 is 1.73 bits per heavy atom. The van der Waals surface area contributed by atoms with Gasteiger partial charge in [-0.05, 0) is 91.6 Å². The van der Waals surface area contributed by atoms with Crippen LogP contribution in [0.2, 0.25) is 0 Å². The maximum atomic E-state index is 13.6. The molecule has 4 nitrogen and oxygen atoms in total. The molecule has 0 aromatic heterocycles. The number of likely N-dealkylation sites (tertiary alicyclic amines) is 1. The minimum atomic E-state index is -0.974. The summed E-state index contributed by atoms with van der Waals surface area (Å²) in [5.41, 5.74) is 4.06. The molecule has 37 heavy (non-hydrogen) atoms. The molecular formula is C31H31F2N3O. The molecule has 2 aliphatic rings. The average Bonchev–Trinajstić information content (AvgIpc) is 2.90. The van der Waals surface area contributed by atoms with Gasteiger partial charge in [0.15, 0.2) is 11.6 Å². The second-order valence-electron chi connectivity index (χ2n) is 10.3. The molecule has 1 heterocycles. The van der Waals surface area contributed by atoms with E-state index in [0.717, 1.165) is 49.2 Å². The highest BCUT2D eigenvalue weighted by molar-refractivity contribution is 5.90. The van der Waals surface area contributed by atoms with Crippen LogP contribution in [0, 0.1) is 23.0 Å². The quantitative estimate of drug-likeness (QED) is 0.389. The van der Waals surface area contributed by atoms with E-state index < -0.39 is 11.6 Å². The summed E-state index contributed by atoms with van der Waals surface area (Å²) in [5.74, 6) is -2.10. The van der Waals surface area contributed by atoms with Gasteiger partial charge in [0.25, 0.3) is 0 Å². The monoisotopic (exact) mass is 499 g/mol. The summed E-state index contributed by atoms with van der Waals surface area (Å²) in [6, 6.07) is 22.4. The van der Waals surface area contributed by atoms with Crippen LogP contribution < -0.4 is 5.32 Å². The minimum absolute atomic E-state index is 0.126. The van der Waals surface area contributed by atoms with Crippen molar-refractivity contribution in [2.75, 3.05) is 18.4 Å². The molecule has 1 N–H and O–H groups in total. The van der Waals surface area contributed by atoms with E-state index in [0.29, 0.717) is 24.4 Å². The van der Waals surface area contributed by atoms with E-state index in [1.807, 2.05) is 18.2 Å². The number of rotatable bonds is 7. The van der Waals surface area contributed by atoms with Gasteiger partial charge in [-0.25, -0.2) is 8.78 Å². The third kappa shape index (κ3) is 5.57. The lowest BCUT2D eigenvalue weighted by atomic mass is 9.69. The van der Waals surface area contributed by atoms with E-state index in [1.165, 1.54) is 30.9 Å². The Morgan fingerprint density at radius 1 is 0.973 bits per heavy atom. The van der Waals surface area contributed by atoms with E-state index in [2.05, 4.69) is 40.6 Å². The van der Waals surface area contributed by atoms with Gasteiger partial charge in [-0.1, -0.05) is 42.8 Å². The molecule has 0 bridgehead atoms. The SMILES string of the molecule is N#Cc1cccc(-c2ccc(C3(CCC(=O)Nc4ccc(F)c(F)c4)CCN(C4CCC4)CC3)cc2)c1. The number of nitrogens with one attached hydrogen (secondary N) is 1. The van der Waals surface area contributed by atoms with Crippen molar-refractivity contribution in [2.45, 2.75) is 56.4 Å². The van der Waals surface area contributed by atoms with Gasteiger partial charge in [-0.15, -0.1) is 0 Å². The molecule has 1 aliphatic carbocycles. The maximum Gasteiger partial charge on any atom is 0.224 e. The second-order valence-corrected chi connectivity index (χ2v) is 10.3. The molecule has 190 valence electrons. The van der Waals surface area contributed by atoms with E-state index in [1.54, 1.807) is 6.07 Å². The number of hydrogen-bond acceptors (Lipinski definition) is 3. The van der Waals surface area contributed by atoms with Crippen molar-refractivity contribution in [3.8, 4) is 17.2 Å². The first kappa shape index (κ1) is 25.1. The predicted molar refractivity (Wildman–Crippen MR) is 141 cm³/mol. The minimum Gasteiger partial charge on any atom is -0.326 e. The smallest absolute Gasteiger partial charge is 0.224 e. The maximum absolute atomic E-state index is 13.6. The molecule has 1 amide bonds. The molecule has 1 aliphatic heterocycles. The third-order valence-electron chi connectivity index (χ3n) is 8.20. The van der Waals surface area contributed by atoms with Gasteiger partial charge in [0.05, 0.1) is 11.6 Å². The molecular weight excluding hydrogens is 468 g/mol. The van der Waals surface area contributed by atoms with Crippen molar-refractivity contribution in [3.63, 3.8) is 0 Å². The highest BCUT2D eigenvalue weighted by Gasteiger charge is 2.39. The summed E-state index contributed by atoms with van der Waals surface area (Å²) >= 11 is 0. The standard InChI is InChI=1S/C31H31F2N3O/c32-28-12-11-26(20-29(28)33)35-30(37)13-14-31(15-17-36(18-16-31)27-5-2-6-27)25-9-7-23(8-10-25)24-4-1-3-22(19-24)21-34/h1,3-4,7-12,19-20,27H,2,5-6,13-18H2,(H,35,37). The third-order valence-corrected chi connectivity index (χ3v) is 8.20. The van der Waals surface area contributed by atoms with Crippen molar-refractivity contribution < 1.29 is 13.6 Å². The lowest BCUT2D eigenvalue weighted by molar-refractivity contribution is -0.116. The number of halogens is 2. The summed E-state index contributed by atoms with van der Waals surface area (Å²) in [5, 5.41) is 12.0. The number of carbonyl (C=O) groups excluding carboxylic acids is 1. The van der Waals surface area contributed by atoms with Gasteiger partial charge in [0.2, 0.25) is 5.91 Å². The van der Waals surface area contributed by atoms with Crippen molar-refractivity contribution in [1.29, 1.82) is 5.26 Å². The topological polar surface area (TPSA) is 56.1 Å². The van der Waals surface area contributed by atoms with Crippen LogP contribution in [0.5, 0.6) is 0 Å². The summed E-state index contributed by atoms with van der Waals surface area (Å²) in [6.45, 7) is 2.03. The van der Waals surface area contributed by atoms with Crippen molar-refractivity contribution in [2.24, 2.45) is 0 Å². The normalized spacial score (nSPS) is 17.5. The molecule has 3 aromatic rings. The number of carbonyl (C=O) groups is 1. The van der Waals surface area contributed by atoms with Gasteiger partial charge in [-0.3, -0.25) is 4.79 Å². The van der Waals surface area contributed by atoms with Gasteiger partial charge in [0, 0.05) is 24.2 Å².